The van der Waals surface area contributed by atoms with Gasteiger partial charge < -0.3 is 10.4 Å². The molecule has 0 aromatic rings. The molecule has 1 aliphatic carbocycles. The molecule has 1 aliphatic heterocycles. The molecular weight excluding hydrogens is 202 g/mol. The van der Waals surface area contributed by atoms with E-state index in [-0.39, 0.29) is 6.10 Å². The van der Waals surface area contributed by atoms with E-state index in [0.29, 0.717) is 6.04 Å². The van der Waals surface area contributed by atoms with Gasteiger partial charge in [0.15, 0.2) is 0 Å². The van der Waals surface area contributed by atoms with Gasteiger partial charge in [0.1, 0.15) is 0 Å². The summed E-state index contributed by atoms with van der Waals surface area (Å²) in [5.74, 6) is 0. The van der Waals surface area contributed by atoms with Crippen molar-refractivity contribution in [3.8, 4) is 0 Å². The van der Waals surface area contributed by atoms with Crippen LogP contribution in [0.25, 0.3) is 0 Å². The number of aliphatic hydroxyl groups is 1. The van der Waals surface area contributed by atoms with Crippen LogP contribution in [0.5, 0.6) is 0 Å². The molecule has 0 bridgehead atoms. The molecule has 2 rings (SSSR count). The predicted octanol–water partition coefficient (Wildman–Crippen LogP) is -0.263. The molecule has 2 unspecified atom stereocenters. The molecule has 2 fully saturated rings. The fourth-order valence-electron chi connectivity index (χ4n) is 2.83. The standard InChI is InChI=1S/C12H25N3O/c1-14(11-3-2-4-12(11)16)9-10-15-7-5-13-6-8-15/h11-13,16H,2-10H2,1H3. The molecule has 1 heterocycles. The third-order valence-corrected chi connectivity index (χ3v) is 3.99. The van der Waals surface area contributed by atoms with Gasteiger partial charge in [-0.1, -0.05) is 0 Å². The highest BCUT2D eigenvalue weighted by Crippen LogP contribution is 2.22. The van der Waals surface area contributed by atoms with Gasteiger partial charge in [0.2, 0.25) is 0 Å². The largest absolute Gasteiger partial charge is 0.391 e. The lowest BCUT2D eigenvalue weighted by atomic mass is 10.2. The van der Waals surface area contributed by atoms with E-state index in [1.54, 1.807) is 0 Å². The monoisotopic (exact) mass is 227 g/mol. The number of likely N-dealkylation sites (N-methyl/N-ethyl adjacent to an activating group) is 1. The van der Waals surface area contributed by atoms with Crippen molar-refractivity contribution in [1.29, 1.82) is 0 Å². The van der Waals surface area contributed by atoms with Crippen LogP contribution in [0.1, 0.15) is 19.3 Å². The molecule has 1 saturated heterocycles. The first-order chi connectivity index (χ1) is 7.77. The zero-order valence-electron chi connectivity index (χ0n) is 10.4. The summed E-state index contributed by atoms with van der Waals surface area (Å²) in [6.07, 6.45) is 3.25. The molecule has 2 aliphatic rings. The molecule has 0 radical (unpaired) electrons. The van der Waals surface area contributed by atoms with Gasteiger partial charge >= 0.3 is 0 Å². The zero-order valence-corrected chi connectivity index (χ0v) is 10.4. The van der Waals surface area contributed by atoms with Crippen molar-refractivity contribution in [3.05, 3.63) is 0 Å². The maximum Gasteiger partial charge on any atom is 0.0695 e. The first kappa shape index (κ1) is 12.3. The average Bonchev–Trinajstić information content (AvgIpc) is 2.74. The van der Waals surface area contributed by atoms with Crippen LogP contribution < -0.4 is 5.32 Å². The molecule has 0 spiro atoms. The van der Waals surface area contributed by atoms with Crippen molar-refractivity contribution in [2.24, 2.45) is 0 Å². The molecule has 16 heavy (non-hydrogen) atoms. The number of rotatable bonds is 4. The van der Waals surface area contributed by atoms with Gasteiger partial charge in [-0.3, -0.25) is 9.80 Å². The fraction of sp³-hybridized carbons (Fsp3) is 1.00. The third-order valence-electron chi connectivity index (χ3n) is 3.99. The first-order valence-corrected chi connectivity index (χ1v) is 6.59. The Morgan fingerprint density at radius 3 is 2.69 bits per heavy atom. The van der Waals surface area contributed by atoms with Crippen molar-refractivity contribution >= 4 is 0 Å². The molecule has 0 aromatic heterocycles. The molecule has 4 heteroatoms. The Labute approximate surface area is 98.6 Å². The van der Waals surface area contributed by atoms with Crippen molar-refractivity contribution in [3.63, 3.8) is 0 Å². The SMILES string of the molecule is CN(CCN1CCNCC1)C1CCCC1O. The number of hydrogen-bond acceptors (Lipinski definition) is 4. The minimum atomic E-state index is -0.0898. The summed E-state index contributed by atoms with van der Waals surface area (Å²) in [6, 6.07) is 0.405. The number of hydrogen-bond donors (Lipinski definition) is 2. The summed E-state index contributed by atoms with van der Waals surface area (Å²) < 4.78 is 0. The molecule has 4 nitrogen and oxygen atoms in total. The van der Waals surface area contributed by atoms with Gasteiger partial charge in [-0.15, -0.1) is 0 Å². The summed E-state index contributed by atoms with van der Waals surface area (Å²) in [5.41, 5.74) is 0. The van der Waals surface area contributed by atoms with Crippen LogP contribution in [0.3, 0.4) is 0 Å². The van der Waals surface area contributed by atoms with E-state index >= 15 is 0 Å². The maximum atomic E-state index is 9.83. The quantitative estimate of drug-likeness (QED) is 0.694. The highest BCUT2D eigenvalue weighted by Gasteiger charge is 2.28. The van der Waals surface area contributed by atoms with Crippen molar-refractivity contribution in [2.45, 2.75) is 31.4 Å². The lowest BCUT2D eigenvalue weighted by Gasteiger charge is -2.32. The van der Waals surface area contributed by atoms with E-state index in [1.807, 2.05) is 0 Å². The lowest BCUT2D eigenvalue weighted by Crippen LogP contribution is -2.47. The van der Waals surface area contributed by atoms with Gasteiger partial charge in [0.05, 0.1) is 6.10 Å². The van der Waals surface area contributed by atoms with Crippen LogP contribution in [0.4, 0.5) is 0 Å². The Morgan fingerprint density at radius 2 is 2.06 bits per heavy atom. The molecule has 0 aromatic carbocycles. The molecule has 94 valence electrons. The first-order valence-electron chi connectivity index (χ1n) is 6.59. The molecular formula is C12H25N3O. The van der Waals surface area contributed by atoms with Crippen LogP contribution in [0.2, 0.25) is 0 Å². The second-order valence-corrected chi connectivity index (χ2v) is 5.14. The minimum Gasteiger partial charge on any atom is -0.391 e. The predicted molar refractivity (Wildman–Crippen MR) is 65.6 cm³/mol. The molecule has 1 saturated carbocycles. The van der Waals surface area contributed by atoms with Crippen LogP contribution in [0, 0.1) is 0 Å². The van der Waals surface area contributed by atoms with E-state index in [0.717, 1.165) is 32.6 Å². The second kappa shape index (κ2) is 5.96. The Hall–Kier alpha value is -0.160. The van der Waals surface area contributed by atoms with E-state index in [4.69, 9.17) is 0 Å². The summed E-state index contributed by atoms with van der Waals surface area (Å²) in [5, 5.41) is 13.2. The summed E-state index contributed by atoms with van der Waals surface area (Å²) in [7, 11) is 2.15. The number of nitrogens with zero attached hydrogens (tertiary/aromatic N) is 2. The highest BCUT2D eigenvalue weighted by atomic mass is 16.3. The Bertz CT molecular complexity index is 206. The molecule has 0 amide bonds. The lowest BCUT2D eigenvalue weighted by molar-refractivity contribution is 0.0781. The topological polar surface area (TPSA) is 38.7 Å². The highest BCUT2D eigenvalue weighted by molar-refractivity contribution is 4.84. The van der Waals surface area contributed by atoms with Crippen LogP contribution in [-0.4, -0.2) is 73.4 Å². The van der Waals surface area contributed by atoms with Gasteiger partial charge in [-0.25, -0.2) is 0 Å². The summed E-state index contributed by atoms with van der Waals surface area (Å²) in [4.78, 5) is 4.86. The molecule has 2 N–H and O–H groups in total. The smallest absolute Gasteiger partial charge is 0.0695 e. The van der Waals surface area contributed by atoms with E-state index in [2.05, 4.69) is 22.2 Å². The van der Waals surface area contributed by atoms with E-state index in [9.17, 15) is 5.11 Å². The third kappa shape index (κ3) is 3.17. The second-order valence-electron chi connectivity index (χ2n) is 5.14. The number of nitrogens with one attached hydrogen (secondary N) is 1. The molecule has 2 atom stereocenters. The van der Waals surface area contributed by atoms with Crippen LogP contribution in [0.15, 0.2) is 0 Å². The van der Waals surface area contributed by atoms with Gasteiger partial charge in [-0.05, 0) is 26.3 Å². The number of aliphatic hydroxyl groups excluding tert-OH is 1. The Morgan fingerprint density at radius 1 is 1.31 bits per heavy atom. The maximum absolute atomic E-state index is 9.83. The minimum absolute atomic E-state index is 0.0898. The van der Waals surface area contributed by atoms with E-state index in [1.165, 1.54) is 25.9 Å². The van der Waals surface area contributed by atoms with Crippen LogP contribution in [-0.2, 0) is 0 Å². The number of piperazine rings is 1. The van der Waals surface area contributed by atoms with Crippen molar-refractivity contribution in [1.82, 2.24) is 15.1 Å². The summed E-state index contributed by atoms with van der Waals surface area (Å²) >= 11 is 0. The van der Waals surface area contributed by atoms with Crippen molar-refractivity contribution < 1.29 is 5.11 Å². The van der Waals surface area contributed by atoms with Crippen LogP contribution >= 0.6 is 0 Å². The normalized spacial score (nSPS) is 32.4. The van der Waals surface area contributed by atoms with Gasteiger partial charge in [0.25, 0.3) is 0 Å². The van der Waals surface area contributed by atoms with Crippen molar-refractivity contribution in [2.75, 3.05) is 46.3 Å². The van der Waals surface area contributed by atoms with E-state index < -0.39 is 0 Å². The zero-order chi connectivity index (χ0) is 11.4. The summed E-state index contributed by atoms with van der Waals surface area (Å²) in [6.45, 7) is 6.80. The van der Waals surface area contributed by atoms with Gasteiger partial charge in [-0.2, -0.15) is 0 Å². The van der Waals surface area contributed by atoms with Gasteiger partial charge in [0, 0.05) is 45.3 Å². The fourth-order valence-corrected chi connectivity index (χ4v) is 2.83. The Kier molecular flexibility index (Phi) is 4.58. The average molecular weight is 227 g/mol. The Balaban J connectivity index is 1.68.